The fourth-order valence-corrected chi connectivity index (χ4v) is 7.41. The average Bonchev–Trinajstić information content (AvgIpc) is 3.41. The summed E-state index contributed by atoms with van der Waals surface area (Å²) >= 11 is 2.76. The number of rotatable bonds is 6. The molecule has 0 fully saturated rings. The van der Waals surface area contributed by atoms with Crippen LogP contribution in [0.25, 0.3) is 0 Å². The number of thiophene rings is 2. The van der Waals surface area contributed by atoms with Crippen molar-refractivity contribution in [2.45, 2.75) is 51.4 Å². The minimum Gasteiger partial charge on any atom is -0.365 e. The second-order valence-corrected chi connectivity index (χ2v) is 11.1. The van der Waals surface area contributed by atoms with Crippen molar-refractivity contribution < 1.29 is 19.2 Å². The molecule has 3 aromatic heterocycles. The van der Waals surface area contributed by atoms with Gasteiger partial charge in [0, 0.05) is 16.0 Å². The third-order valence-electron chi connectivity index (χ3n) is 6.55. The number of hydrogen-bond donors (Lipinski definition) is 4. The molecule has 0 saturated heterocycles. The monoisotopic (exact) mass is 523 g/mol. The molecular formula is C25H25N5O4S2. The molecule has 0 unspecified atom stereocenters. The lowest BCUT2D eigenvalue weighted by Crippen LogP contribution is -2.20. The van der Waals surface area contributed by atoms with Crippen LogP contribution in [-0.2, 0) is 25.7 Å². The topological polar surface area (TPSA) is 157 Å². The number of aromatic nitrogens is 1. The molecule has 36 heavy (non-hydrogen) atoms. The Morgan fingerprint density at radius 3 is 1.69 bits per heavy atom. The second kappa shape index (κ2) is 9.82. The summed E-state index contributed by atoms with van der Waals surface area (Å²) < 4.78 is 0. The van der Waals surface area contributed by atoms with Crippen molar-refractivity contribution in [2.24, 2.45) is 11.5 Å². The van der Waals surface area contributed by atoms with E-state index in [-0.39, 0.29) is 11.3 Å². The van der Waals surface area contributed by atoms with Gasteiger partial charge in [-0.15, -0.1) is 22.7 Å². The molecule has 0 aliphatic heterocycles. The van der Waals surface area contributed by atoms with Gasteiger partial charge >= 0.3 is 0 Å². The van der Waals surface area contributed by atoms with E-state index < -0.39 is 23.6 Å². The maximum Gasteiger partial charge on any atom is 0.274 e. The number of nitrogens with one attached hydrogen (secondary N) is 2. The maximum absolute atomic E-state index is 12.9. The highest BCUT2D eigenvalue weighted by Crippen LogP contribution is 2.39. The van der Waals surface area contributed by atoms with Gasteiger partial charge in [-0.3, -0.25) is 24.2 Å². The van der Waals surface area contributed by atoms with E-state index in [0.29, 0.717) is 21.1 Å². The van der Waals surface area contributed by atoms with Crippen molar-refractivity contribution in [2.75, 3.05) is 10.6 Å². The summed E-state index contributed by atoms with van der Waals surface area (Å²) in [4.78, 5) is 56.1. The van der Waals surface area contributed by atoms with Crippen molar-refractivity contribution in [3.63, 3.8) is 0 Å². The molecular weight excluding hydrogens is 498 g/mol. The van der Waals surface area contributed by atoms with E-state index in [9.17, 15) is 19.2 Å². The van der Waals surface area contributed by atoms with E-state index in [1.807, 2.05) is 0 Å². The first-order chi connectivity index (χ1) is 17.3. The van der Waals surface area contributed by atoms with E-state index in [4.69, 9.17) is 11.5 Å². The van der Waals surface area contributed by atoms with Crippen LogP contribution in [0.15, 0.2) is 18.3 Å². The Kier molecular flexibility index (Phi) is 6.59. The molecule has 9 nitrogen and oxygen atoms in total. The molecule has 4 amide bonds. The number of nitrogens with zero attached hydrogens (tertiary/aromatic N) is 1. The van der Waals surface area contributed by atoms with Crippen LogP contribution in [0.3, 0.4) is 0 Å². The van der Waals surface area contributed by atoms with Gasteiger partial charge in [0.05, 0.1) is 16.7 Å². The summed E-state index contributed by atoms with van der Waals surface area (Å²) in [7, 11) is 0. The summed E-state index contributed by atoms with van der Waals surface area (Å²) in [5.74, 6) is -2.06. The number of carbonyl (C=O) groups is 4. The highest BCUT2D eigenvalue weighted by atomic mass is 32.1. The fraction of sp³-hybridized carbons (Fsp3) is 0.320. The summed E-state index contributed by atoms with van der Waals surface area (Å²) in [5.41, 5.74) is 14.2. The lowest BCUT2D eigenvalue weighted by Gasteiger charge is -2.11. The van der Waals surface area contributed by atoms with Gasteiger partial charge in [-0.25, -0.2) is 0 Å². The number of carbonyl (C=O) groups excluding carboxylic acids is 4. The van der Waals surface area contributed by atoms with E-state index in [0.717, 1.165) is 72.2 Å². The summed E-state index contributed by atoms with van der Waals surface area (Å²) in [6, 6.07) is 2.93. The van der Waals surface area contributed by atoms with Gasteiger partial charge in [-0.2, -0.15) is 0 Å². The van der Waals surface area contributed by atoms with Crippen LogP contribution >= 0.6 is 22.7 Å². The molecule has 5 rings (SSSR count). The minimum absolute atomic E-state index is 0.0951. The number of aryl methyl sites for hydroxylation is 2. The van der Waals surface area contributed by atoms with Gasteiger partial charge in [0.15, 0.2) is 0 Å². The van der Waals surface area contributed by atoms with Crippen LogP contribution in [0, 0.1) is 0 Å². The van der Waals surface area contributed by atoms with E-state index in [2.05, 4.69) is 15.6 Å². The lowest BCUT2D eigenvalue weighted by atomic mass is 9.95. The van der Waals surface area contributed by atoms with E-state index >= 15 is 0 Å². The third kappa shape index (κ3) is 4.51. The van der Waals surface area contributed by atoms with Gasteiger partial charge in [0.25, 0.3) is 23.6 Å². The van der Waals surface area contributed by atoms with E-state index in [1.54, 1.807) is 0 Å². The zero-order valence-corrected chi connectivity index (χ0v) is 21.1. The molecule has 3 heterocycles. The Labute approximate surface area is 215 Å². The first-order valence-electron chi connectivity index (χ1n) is 11.8. The predicted molar refractivity (Wildman–Crippen MR) is 139 cm³/mol. The highest BCUT2D eigenvalue weighted by molar-refractivity contribution is 7.17. The normalized spacial score (nSPS) is 14.4. The fourth-order valence-electron chi connectivity index (χ4n) is 4.83. The Morgan fingerprint density at radius 2 is 1.22 bits per heavy atom. The number of amides is 4. The third-order valence-corrected chi connectivity index (χ3v) is 8.96. The quantitative estimate of drug-likeness (QED) is 0.388. The molecule has 0 spiro atoms. The lowest BCUT2D eigenvalue weighted by molar-refractivity contribution is 0.0989. The first kappa shape index (κ1) is 24.1. The Balaban J connectivity index is 1.32. The van der Waals surface area contributed by atoms with Crippen LogP contribution < -0.4 is 22.1 Å². The molecule has 0 aromatic carbocycles. The molecule has 186 valence electrons. The van der Waals surface area contributed by atoms with Crippen LogP contribution in [-0.4, -0.2) is 28.6 Å². The van der Waals surface area contributed by atoms with Gasteiger partial charge in [-0.1, -0.05) is 0 Å². The van der Waals surface area contributed by atoms with Gasteiger partial charge < -0.3 is 22.1 Å². The average molecular weight is 524 g/mol. The van der Waals surface area contributed by atoms with Crippen LogP contribution in [0.2, 0.25) is 0 Å². The number of fused-ring (bicyclic) bond motifs is 2. The van der Waals surface area contributed by atoms with Gasteiger partial charge in [0.2, 0.25) is 0 Å². The van der Waals surface area contributed by atoms with Crippen LogP contribution in [0.5, 0.6) is 0 Å². The Hall–Kier alpha value is -3.57. The maximum atomic E-state index is 12.9. The van der Waals surface area contributed by atoms with Crippen molar-refractivity contribution >= 4 is 56.3 Å². The molecule has 0 radical (unpaired) electrons. The Bertz CT molecular complexity index is 1290. The molecule has 6 N–H and O–H groups in total. The molecule has 0 saturated carbocycles. The second-order valence-electron chi connectivity index (χ2n) is 8.90. The first-order valence-corrected chi connectivity index (χ1v) is 13.4. The molecule has 2 aliphatic carbocycles. The number of hydrogen-bond acceptors (Lipinski definition) is 7. The van der Waals surface area contributed by atoms with Crippen LogP contribution in [0.1, 0.15) is 88.1 Å². The van der Waals surface area contributed by atoms with Crippen molar-refractivity contribution in [3.05, 3.63) is 61.6 Å². The molecule has 0 atom stereocenters. The van der Waals surface area contributed by atoms with Crippen LogP contribution in [0.4, 0.5) is 10.0 Å². The zero-order valence-electron chi connectivity index (χ0n) is 19.4. The molecule has 2 aliphatic rings. The highest BCUT2D eigenvalue weighted by Gasteiger charge is 2.27. The number of pyridine rings is 1. The predicted octanol–water partition coefficient (Wildman–Crippen LogP) is 3.66. The zero-order chi connectivity index (χ0) is 25.4. The van der Waals surface area contributed by atoms with Crippen molar-refractivity contribution in [3.8, 4) is 0 Å². The smallest absolute Gasteiger partial charge is 0.274 e. The SMILES string of the molecule is NC(=O)c1c(NC(=O)c2ccc(C(=O)Nc3sc4c(c3C(N)=O)CCCC4)nc2)sc2c1CCCC2. The van der Waals surface area contributed by atoms with Gasteiger partial charge in [0.1, 0.15) is 15.7 Å². The number of nitrogens with two attached hydrogens (primary N) is 2. The largest absolute Gasteiger partial charge is 0.365 e. The molecule has 3 aromatic rings. The molecule has 11 heteroatoms. The number of anilines is 2. The van der Waals surface area contributed by atoms with Gasteiger partial charge in [-0.05, 0) is 74.6 Å². The Morgan fingerprint density at radius 1 is 0.722 bits per heavy atom. The number of primary amides is 2. The standard InChI is InChI=1S/C25H25N5O4S2/c26-20(31)18-13-5-1-3-7-16(13)35-24(18)29-22(33)12-9-10-15(28-11-12)23(34)30-25-19(21(27)32)14-6-2-4-8-17(14)36-25/h9-11H,1-8H2,(H2,26,31)(H2,27,32)(H,29,33)(H,30,34). The summed E-state index contributed by atoms with van der Waals surface area (Å²) in [6.45, 7) is 0. The van der Waals surface area contributed by atoms with Crippen molar-refractivity contribution in [1.29, 1.82) is 0 Å². The van der Waals surface area contributed by atoms with Crippen molar-refractivity contribution in [1.82, 2.24) is 4.98 Å². The summed E-state index contributed by atoms with van der Waals surface area (Å²) in [5, 5.41) is 6.44. The molecule has 0 bridgehead atoms. The summed E-state index contributed by atoms with van der Waals surface area (Å²) in [6.07, 6.45) is 8.63. The minimum atomic E-state index is -0.560. The van der Waals surface area contributed by atoms with E-state index in [1.165, 1.54) is 41.0 Å².